The molecule has 0 bridgehead atoms. The first-order valence-electron chi connectivity index (χ1n) is 12.2. The van der Waals surface area contributed by atoms with Crippen LogP contribution in [0, 0.1) is 12.7 Å². The number of aryl methyl sites for hydroxylation is 1. The van der Waals surface area contributed by atoms with Crippen molar-refractivity contribution in [3.8, 4) is 0 Å². The van der Waals surface area contributed by atoms with Gasteiger partial charge in [0.2, 0.25) is 11.8 Å². The number of carbonyl (C=O) groups excluding carboxylic acids is 2. The van der Waals surface area contributed by atoms with Gasteiger partial charge in [0.15, 0.2) is 0 Å². The summed E-state index contributed by atoms with van der Waals surface area (Å²) in [6.45, 7) is 6.11. The molecule has 0 aliphatic rings. The highest BCUT2D eigenvalue weighted by atomic mass is 35.5. The van der Waals surface area contributed by atoms with E-state index in [1.54, 1.807) is 44.2 Å². The van der Waals surface area contributed by atoms with E-state index in [0.29, 0.717) is 15.6 Å². The molecule has 3 aromatic carbocycles. The van der Waals surface area contributed by atoms with Crippen LogP contribution in [-0.2, 0) is 26.2 Å². The standard InChI is InChI=1S/C28H30Cl2FN3O4S/c1-18(2)32-28(36)20(4)33(16-24-25(29)6-5-7-26(24)30)27(35)17-34(22-12-10-21(31)11-13-22)39(37,38)23-14-8-19(3)9-15-23/h5-15,18,20H,16-17H2,1-4H3,(H,32,36). The van der Waals surface area contributed by atoms with Gasteiger partial charge in [-0.2, -0.15) is 0 Å². The van der Waals surface area contributed by atoms with Crippen LogP contribution in [0.4, 0.5) is 10.1 Å². The second kappa shape index (κ2) is 12.8. The number of rotatable bonds is 10. The minimum absolute atomic E-state index is 0.0449. The molecule has 1 atom stereocenters. The van der Waals surface area contributed by atoms with E-state index in [9.17, 15) is 22.4 Å². The SMILES string of the molecule is Cc1ccc(S(=O)(=O)N(CC(=O)N(Cc2c(Cl)cccc2Cl)C(C)C(=O)NC(C)C)c2ccc(F)cc2)cc1. The maximum atomic E-state index is 13.9. The predicted molar refractivity (Wildman–Crippen MR) is 152 cm³/mol. The fourth-order valence-corrected chi connectivity index (χ4v) is 5.75. The van der Waals surface area contributed by atoms with Gasteiger partial charge in [-0.3, -0.25) is 13.9 Å². The van der Waals surface area contributed by atoms with Crippen LogP contribution in [0.15, 0.2) is 71.6 Å². The van der Waals surface area contributed by atoms with Gasteiger partial charge in [-0.25, -0.2) is 12.8 Å². The van der Waals surface area contributed by atoms with E-state index in [-0.39, 0.29) is 23.2 Å². The van der Waals surface area contributed by atoms with Crippen LogP contribution in [0.3, 0.4) is 0 Å². The second-order valence-corrected chi connectivity index (χ2v) is 12.0. The van der Waals surface area contributed by atoms with Gasteiger partial charge in [0, 0.05) is 28.2 Å². The number of halogens is 3. The maximum Gasteiger partial charge on any atom is 0.264 e. The Morgan fingerprint density at radius 1 is 0.923 bits per heavy atom. The van der Waals surface area contributed by atoms with Crippen LogP contribution in [0.25, 0.3) is 0 Å². The molecule has 3 aromatic rings. The van der Waals surface area contributed by atoms with E-state index < -0.39 is 40.2 Å². The van der Waals surface area contributed by atoms with Crippen LogP contribution < -0.4 is 9.62 Å². The zero-order valence-corrected chi connectivity index (χ0v) is 24.3. The van der Waals surface area contributed by atoms with Gasteiger partial charge in [0.05, 0.1) is 10.6 Å². The van der Waals surface area contributed by atoms with Crippen LogP contribution in [0.2, 0.25) is 10.0 Å². The summed E-state index contributed by atoms with van der Waals surface area (Å²) in [5, 5.41) is 3.36. The number of hydrogen-bond acceptors (Lipinski definition) is 4. The lowest BCUT2D eigenvalue weighted by Crippen LogP contribution is -2.52. The smallest absolute Gasteiger partial charge is 0.264 e. The van der Waals surface area contributed by atoms with Crippen molar-refractivity contribution in [1.29, 1.82) is 0 Å². The zero-order valence-electron chi connectivity index (χ0n) is 22.0. The molecular formula is C28H30Cl2FN3O4S. The molecule has 0 aliphatic heterocycles. The number of hydrogen-bond donors (Lipinski definition) is 1. The molecule has 11 heteroatoms. The van der Waals surface area contributed by atoms with Crippen LogP contribution >= 0.6 is 23.2 Å². The van der Waals surface area contributed by atoms with Crippen molar-refractivity contribution in [1.82, 2.24) is 10.2 Å². The van der Waals surface area contributed by atoms with E-state index in [0.717, 1.165) is 22.0 Å². The maximum absolute atomic E-state index is 13.9. The Labute approximate surface area is 238 Å². The summed E-state index contributed by atoms with van der Waals surface area (Å²) in [6.07, 6.45) is 0. The summed E-state index contributed by atoms with van der Waals surface area (Å²) in [5.74, 6) is -1.68. The molecule has 0 fully saturated rings. The van der Waals surface area contributed by atoms with Crippen molar-refractivity contribution in [3.05, 3.63) is 93.7 Å². The molecule has 1 unspecified atom stereocenters. The van der Waals surface area contributed by atoms with E-state index in [2.05, 4.69) is 5.32 Å². The van der Waals surface area contributed by atoms with Gasteiger partial charge in [-0.1, -0.05) is 47.0 Å². The monoisotopic (exact) mass is 593 g/mol. The molecule has 39 heavy (non-hydrogen) atoms. The molecule has 1 N–H and O–H groups in total. The first kappa shape index (κ1) is 30.4. The number of benzene rings is 3. The highest BCUT2D eigenvalue weighted by molar-refractivity contribution is 7.92. The second-order valence-electron chi connectivity index (χ2n) is 9.36. The lowest BCUT2D eigenvalue weighted by atomic mass is 10.1. The van der Waals surface area contributed by atoms with Crippen molar-refractivity contribution in [2.75, 3.05) is 10.8 Å². The highest BCUT2D eigenvalue weighted by Gasteiger charge is 2.33. The Kier molecular flexibility index (Phi) is 9.98. The van der Waals surface area contributed by atoms with Crippen LogP contribution in [0.5, 0.6) is 0 Å². The van der Waals surface area contributed by atoms with Gasteiger partial charge >= 0.3 is 0 Å². The van der Waals surface area contributed by atoms with Gasteiger partial charge in [-0.15, -0.1) is 0 Å². The number of amides is 2. The summed E-state index contributed by atoms with van der Waals surface area (Å²) >= 11 is 12.7. The Hall–Kier alpha value is -3.14. The molecule has 7 nitrogen and oxygen atoms in total. The zero-order chi connectivity index (χ0) is 28.9. The number of nitrogens with one attached hydrogen (secondary N) is 1. The number of sulfonamides is 1. The Balaban J connectivity index is 2.06. The molecule has 0 spiro atoms. The normalized spacial score (nSPS) is 12.2. The molecule has 0 saturated heterocycles. The summed E-state index contributed by atoms with van der Waals surface area (Å²) in [7, 11) is -4.26. The van der Waals surface area contributed by atoms with Gasteiger partial charge in [0.25, 0.3) is 10.0 Å². The minimum atomic E-state index is -4.26. The molecule has 0 aromatic heterocycles. The fourth-order valence-electron chi connectivity index (χ4n) is 3.82. The Morgan fingerprint density at radius 3 is 2.03 bits per heavy atom. The average molecular weight is 595 g/mol. The van der Waals surface area contributed by atoms with E-state index in [4.69, 9.17) is 23.2 Å². The van der Waals surface area contributed by atoms with Crippen molar-refractivity contribution in [3.63, 3.8) is 0 Å². The third-order valence-electron chi connectivity index (χ3n) is 5.99. The summed E-state index contributed by atoms with van der Waals surface area (Å²) in [4.78, 5) is 28.0. The first-order valence-corrected chi connectivity index (χ1v) is 14.4. The Morgan fingerprint density at radius 2 is 1.49 bits per heavy atom. The molecule has 0 aliphatic carbocycles. The van der Waals surface area contributed by atoms with Crippen molar-refractivity contribution in [2.45, 2.75) is 51.2 Å². The van der Waals surface area contributed by atoms with Gasteiger partial charge < -0.3 is 10.2 Å². The quantitative estimate of drug-likeness (QED) is 0.332. The largest absolute Gasteiger partial charge is 0.352 e. The number of nitrogens with zero attached hydrogens (tertiary/aromatic N) is 2. The Bertz CT molecular complexity index is 1410. The van der Waals surface area contributed by atoms with Crippen molar-refractivity contribution >= 4 is 50.7 Å². The van der Waals surface area contributed by atoms with E-state index in [1.165, 1.54) is 36.1 Å². The highest BCUT2D eigenvalue weighted by Crippen LogP contribution is 2.28. The summed E-state index contributed by atoms with van der Waals surface area (Å²) in [6, 6.07) is 14.6. The molecule has 0 radical (unpaired) electrons. The minimum Gasteiger partial charge on any atom is -0.352 e. The molecule has 0 saturated carbocycles. The molecule has 208 valence electrons. The van der Waals surface area contributed by atoms with Crippen molar-refractivity contribution in [2.24, 2.45) is 0 Å². The topological polar surface area (TPSA) is 86.8 Å². The van der Waals surface area contributed by atoms with Crippen LogP contribution in [0.1, 0.15) is 31.9 Å². The molecule has 3 rings (SSSR count). The van der Waals surface area contributed by atoms with Gasteiger partial charge in [-0.05, 0) is 76.2 Å². The lowest BCUT2D eigenvalue weighted by Gasteiger charge is -2.32. The number of anilines is 1. The third kappa shape index (κ3) is 7.50. The fraction of sp³-hybridized carbons (Fsp3) is 0.286. The van der Waals surface area contributed by atoms with Crippen molar-refractivity contribution < 1.29 is 22.4 Å². The third-order valence-corrected chi connectivity index (χ3v) is 8.49. The summed E-state index contributed by atoms with van der Waals surface area (Å²) in [5.41, 5.74) is 1.35. The van der Waals surface area contributed by atoms with E-state index >= 15 is 0 Å². The molecule has 0 heterocycles. The molecular weight excluding hydrogens is 564 g/mol. The lowest BCUT2D eigenvalue weighted by molar-refractivity contribution is -0.139. The predicted octanol–water partition coefficient (Wildman–Crippen LogP) is 5.58. The molecule has 2 amide bonds. The average Bonchev–Trinajstić information content (AvgIpc) is 2.87. The first-order chi connectivity index (χ1) is 18.3. The summed E-state index contributed by atoms with van der Waals surface area (Å²) < 4.78 is 42.1. The number of carbonyl (C=O) groups is 2. The van der Waals surface area contributed by atoms with Crippen LogP contribution in [-0.4, -0.2) is 43.8 Å². The van der Waals surface area contributed by atoms with Gasteiger partial charge in [0.1, 0.15) is 18.4 Å². The van der Waals surface area contributed by atoms with E-state index in [1.807, 2.05) is 6.92 Å².